The molecule has 0 radical (unpaired) electrons. The molecule has 1 amide bonds. The molecule has 0 unspecified atom stereocenters. The number of fused-ring (bicyclic) bond motifs is 1. The number of phenols is 1. The monoisotopic (exact) mass is 345 g/mol. The van der Waals surface area contributed by atoms with E-state index in [4.69, 9.17) is 4.42 Å². The summed E-state index contributed by atoms with van der Waals surface area (Å²) in [5.74, 6) is -0.235. The van der Waals surface area contributed by atoms with E-state index < -0.39 is 0 Å². The lowest BCUT2D eigenvalue weighted by Gasteiger charge is -2.23. The molecule has 0 spiro atoms. The van der Waals surface area contributed by atoms with Crippen molar-refractivity contribution in [3.63, 3.8) is 0 Å². The van der Waals surface area contributed by atoms with Gasteiger partial charge in [0.15, 0.2) is 12.0 Å². The molecule has 0 atom stereocenters. The maximum absolute atomic E-state index is 13.2. The van der Waals surface area contributed by atoms with Gasteiger partial charge in [-0.3, -0.25) is 14.7 Å². The maximum atomic E-state index is 13.2. The Labute approximate surface area is 149 Å². The van der Waals surface area contributed by atoms with Crippen LogP contribution in [0.25, 0.3) is 11.1 Å². The van der Waals surface area contributed by atoms with Crippen LogP contribution < -0.4 is 4.90 Å². The standard InChI is InChI=1S/C20H15N3O3/c24-18-7-2-1-6-17(18)23(12-15-5-3-4-10-21-15)20(25)14-8-9-19-16(11-14)22-13-26-19/h1-11,13,24H,12H2. The highest BCUT2D eigenvalue weighted by Crippen LogP contribution is 2.29. The summed E-state index contributed by atoms with van der Waals surface area (Å²) in [6, 6.07) is 17.3. The number of phenolic OH excluding ortho intramolecular Hbond substituents is 1. The molecule has 0 bridgehead atoms. The molecule has 0 saturated carbocycles. The molecule has 2 heterocycles. The summed E-state index contributed by atoms with van der Waals surface area (Å²) >= 11 is 0. The van der Waals surface area contributed by atoms with Gasteiger partial charge in [-0.25, -0.2) is 4.98 Å². The molecule has 2 aromatic carbocycles. The lowest BCUT2D eigenvalue weighted by Crippen LogP contribution is -2.30. The number of carbonyl (C=O) groups excluding carboxylic acids is 1. The summed E-state index contributed by atoms with van der Waals surface area (Å²) in [6.07, 6.45) is 3.01. The first-order chi connectivity index (χ1) is 12.7. The van der Waals surface area contributed by atoms with Crippen molar-refractivity contribution in [3.05, 3.63) is 84.5 Å². The van der Waals surface area contributed by atoms with E-state index in [0.717, 1.165) is 0 Å². The normalized spacial score (nSPS) is 10.8. The highest BCUT2D eigenvalue weighted by Gasteiger charge is 2.21. The lowest BCUT2D eigenvalue weighted by atomic mass is 10.1. The molecule has 0 aliphatic heterocycles. The Morgan fingerprint density at radius 1 is 1.04 bits per heavy atom. The Kier molecular flexibility index (Phi) is 4.07. The zero-order valence-corrected chi connectivity index (χ0v) is 13.7. The molecular weight excluding hydrogens is 330 g/mol. The van der Waals surface area contributed by atoms with E-state index in [9.17, 15) is 9.90 Å². The summed E-state index contributed by atoms with van der Waals surface area (Å²) in [5, 5.41) is 10.3. The zero-order valence-electron chi connectivity index (χ0n) is 13.7. The number of anilines is 1. The number of aromatic nitrogens is 2. The van der Waals surface area contributed by atoms with Gasteiger partial charge in [0.25, 0.3) is 5.91 Å². The number of para-hydroxylation sites is 2. The van der Waals surface area contributed by atoms with Crippen LogP contribution in [0.1, 0.15) is 16.1 Å². The number of oxazole rings is 1. The van der Waals surface area contributed by atoms with E-state index in [-0.39, 0.29) is 18.2 Å². The van der Waals surface area contributed by atoms with Crippen molar-refractivity contribution in [2.24, 2.45) is 0 Å². The van der Waals surface area contributed by atoms with Crippen LogP contribution in [0.4, 0.5) is 5.69 Å². The van der Waals surface area contributed by atoms with Crippen molar-refractivity contribution in [2.45, 2.75) is 6.54 Å². The number of nitrogens with zero attached hydrogens (tertiary/aromatic N) is 3. The fraction of sp³-hybridized carbons (Fsp3) is 0.0500. The minimum absolute atomic E-state index is 0.0271. The van der Waals surface area contributed by atoms with Crippen LogP contribution in [0.15, 0.2) is 77.7 Å². The zero-order chi connectivity index (χ0) is 17.9. The van der Waals surface area contributed by atoms with Gasteiger partial charge in [0.05, 0.1) is 17.9 Å². The maximum Gasteiger partial charge on any atom is 0.258 e. The average molecular weight is 345 g/mol. The minimum Gasteiger partial charge on any atom is -0.506 e. The molecule has 1 N–H and O–H groups in total. The molecule has 0 saturated heterocycles. The van der Waals surface area contributed by atoms with Crippen molar-refractivity contribution in [1.82, 2.24) is 9.97 Å². The van der Waals surface area contributed by atoms with Gasteiger partial charge in [-0.2, -0.15) is 0 Å². The largest absolute Gasteiger partial charge is 0.506 e. The first-order valence-electron chi connectivity index (χ1n) is 8.05. The summed E-state index contributed by atoms with van der Waals surface area (Å²) < 4.78 is 5.23. The molecule has 0 fully saturated rings. The summed E-state index contributed by atoms with van der Waals surface area (Å²) in [5.41, 5.74) is 2.80. The number of hydrogen-bond acceptors (Lipinski definition) is 5. The molecule has 26 heavy (non-hydrogen) atoms. The molecular formula is C20H15N3O3. The van der Waals surface area contributed by atoms with Crippen LogP contribution in [0.2, 0.25) is 0 Å². The number of aromatic hydroxyl groups is 1. The second-order valence-electron chi connectivity index (χ2n) is 5.74. The third-order valence-corrected chi connectivity index (χ3v) is 4.04. The Hall–Kier alpha value is -3.67. The van der Waals surface area contributed by atoms with Gasteiger partial charge in [0.1, 0.15) is 11.3 Å². The third kappa shape index (κ3) is 3.00. The number of pyridine rings is 1. The summed E-state index contributed by atoms with van der Waals surface area (Å²) in [4.78, 5) is 23.1. The number of rotatable bonds is 4. The number of benzene rings is 2. The Morgan fingerprint density at radius 2 is 1.88 bits per heavy atom. The van der Waals surface area contributed by atoms with Crippen molar-refractivity contribution in [2.75, 3.05) is 4.90 Å². The average Bonchev–Trinajstić information content (AvgIpc) is 3.15. The highest BCUT2D eigenvalue weighted by molar-refractivity contribution is 6.08. The van der Waals surface area contributed by atoms with Crippen LogP contribution in [-0.4, -0.2) is 21.0 Å². The van der Waals surface area contributed by atoms with E-state index in [1.54, 1.807) is 48.7 Å². The summed E-state index contributed by atoms with van der Waals surface area (Å²) in [6.45, 7) is 0.230. The van der Waals surface area contributed by atoms with Gasteiger partial charge in [-0.1, -0.05) is 18.2 Å². The van der Waals surface area contributed by atoms with E-state index >= 15 is 0 Å². The fourth-order valence-electron chi connectivity index (χ4n) is 2.76. The second-order valence-corrected chi connectivity index (χ2v) is 5.74. The Balaban J connectivity index is 1.76. The first kappa shape index (κ1) is 15.8. The number of hydrogen-bond donors (Lipinski definition) is 1. The van der Waals surface area contributed by atoms with Crippen LogP contribution in [-0.2, 0) is 6.54 Å². The molecule has 0 aliphatic carbocycles. The minimum atomic E-state index is -0.262. The van der Waals surface area contributed by atoms with Gasteiger partial charge < -0.3 is 9.52 Å². The molecule has 2 aromatic heterocycles. The third-order valence-electron chi connectivity index (χ3n) is 4.04. The molecule has 6 heteroatoms. The van der Waals surface area contributed by atoms with Gasteiger partial charge in [-0.05, 0) is 42.5 Å². The fourth-order valence-corrected chi connectivity index (χ4v) is 2.76. The van der Waals surface area contributed by atoms with E-state index in [0.29, 0.717) is 28.0 Å². The summed E-state index contributed by atoms with van der Waals surface area (Å²) in [7, 11) is 0. The lowest BCUT2D eigenvalue weighted by molar-refractivity contribution is 0.0984. The predicted octanol–water partition coefficient (Wildman–Crippen LogP) is 3.78. The van der Waals surface area contributed by atoms with Crippen molar-refractivity contribution < 1.29 is 14.3 Å². The van der Waals surface area contributed by atoms with Crippen molar-refractivity contribution in [3.8, 4) is 5.75 Å². The predicted molar refractivity (Wildman–Crippen MR) is 96.9 cm³/mol. The first-order valence-corrected chi connectivity index (χ1v) is 8.05. The SMILES string of the molecule is O=C(c1ccc2ocnc2c1)N(Cc1ccccn1)c1ccccc1O. The quantitative estimate of drug-likeness (QED) is 0.609. The van der Waals surface area contributed by atoms with Gasteiger partial charge in [0, 0.05) is 11.8 Å². The molecule has 6 nitrogen and oxygen atoms in total. The number of amides is 1. The Bertz CT molecular complexity index is 1060. The van der Waals surface area contributed by atoms with Crippen LogP contribution in [0, 0.1) is 0 Å². The smallest absolute Gasteiger partial charge is 0.258 e. The van der Waals surface area contributed by atoms with Crippen LogP contribution in [0.3, 0.4) is 0 Å². The van der Waals surface area contributed by atoms with Gasteiger partial charge >= 0.3 is 0 Å². The van der Waals surface area contributed by atoms with Gasteiger partial charge in [0.2, 0.25) is 0 Å². The van der Waals surface area contributed by atoms with Crippen LogP contribution >= 0.6 is 0 Å². The highest BCUT2D eigenvalue weighted by atomic mass is 16.3. The molecule has 0 aliphatic rings. The topological polar surface area (TPSA) is 79.5 Å². The van der Waals surface area contributed by atoms with E-state index in [1.165, 1.54) is 11.3 Å². The van der Waals surface area contributed by atoms with Crippen LogP contribution in [0.5, 0.6) is 5.75 Å². The van der Waals surface area contributed by atoms with Crippen molar-refractivity contribution in [1.29, 1.82) is 0 Å². The molecule has 4 rings (SSSR count). The van der Waals surface area contributed by atoms with Gasteiger partial charge in [-0.15, -0.1) is 0 Å². The number of carbonyl (C=O) groups is 1. The molecule has 4 aromatic rings. The van der Waals surface area contributed by atoms with Crippen molar-refractivity contribution >= 4 is 22.7 Å². The Morgan fingerprint density at radius 3 is 2.69 bits per heavy atom. The molecule has 128 valence electrons. The van der Waals surface area contributed by atoms with E-state index in [2.05, 4.69) is 9.97 Å². The second kappa shape index (κ2) is 6.68. The van der Waals surface area contributed by atoms with E-state index in [1.807, 2.05) is 18.2 Å².